The first kappa shape index (κ1) is 15.5. The van der Waals surface area contributed by atoms with Gasteiger partial charge < -0.3 is 4.90 Å². The predicted octanol–water partition coefficient (Wildman–Crippen LogP) is 3.15. The second kappa shape index (κ2) is 5.88. The van der Waals surface area contributed by atoms with Crippen LogP contribution in [0.25, 0.3) is 0 Å². The summed E-state index contributed by atoms with van der Waals surface area (Å²) in [5, 5.41) is 3.03. The van der Waals surface area contributed by atoms with Crippen molar-refractivity contribution in [3.63, 3.8) is 0 Å². The van der Waals surface area contributed by atoms with E-state index in [-0.39, 0.29) is 5.91 Å². The Hall–Kier alpha value is -2.80. The maximum Gasteiger partial charge on any atom is 0.242 e. The molecule has 0 saturated carbocycles. The van der Waals surface area contributed by atoms with Crippen LogP contribution in [0.3, 0.4) is 0 Å². The van der Waals surface area contributed by atoms with Gasteiger partial charge in [0.15, 0.2) is 5.13 Å². The van der Waals surface area contributed by atoms with Crippen molar-refractivity contribution in [2.45, 2.75) is 18.3 Å². The highest BCUT2D eigenvalue weighted by atomic mass is 32.1. The Kier molecular flexibility index (Phi) is 3.49. The molecule has 0 unspecified atom stereocenters. The van der Waals surface area contributed by atoms with Crippen molar-refractivity contribution in [2.75, 3.05) is 22.9 Å². The molecular formula is C19H17N5OS. The number of hydrogen-bond acceptors (Lipinski definition) is 6. The normalized spacial score (nSPS) is 18.4. The first-order valence-corrected chi connectivity index (χ1v) is 9.51. The summed E-state index contributed by atoms with van der Waals surface area (Å²) in [4.78, 5) is 30.2. The molecule has 2 aromatic heterocycles. The van der Waals surface area contributed by atoms with Gasteiger partial charge in [-0.2, -0.15) is 0 Å². The number of aromatic nitrogens is 3. The fourth-order valence-corrected chi connectivity index (χ4v) is 4.81. The van der Waals surface area contributed by atoms with Gasteiger partial charge in [-0.25, -0.2) is 15.0 Å². The molecule has 0 N–H and O–H groups in total. The average Bonchev–Trinajstić information content (AvgIpc) is 3.31. The van der Waals surface area contributed by atoms with Gasteiger partial charge in [0.2, 0.25) is 5.91 Å². The summed E-state index contributed by atoms with van der Waals surface area (Å²) in [6.07, 6.45) is 8.28. The molecule has 1 spiro atoms. The van der Waals surface area contributed by atoms with Gasteiger partial charge in [-0.05, 0) is 24.5 Å². The average molecular weight is 363 g/mol. The number of hydrogen-bond donors (Lipinski definition) is 0. The summed E-state index contributed by atoms with van der Waals surface area (Å²) in [5.41, 5.74) is 2.33. The highest BCUT2D eigenvalue weighted by Crippen LogP contribution is 2.50. The molecule has 3 aromatic rings. The number of nitrogens with zero attached hydrogens (tertiary/aromatic N) is 5. The van der Waals surface area contributed by atoms with Crippen molar-refractivity contribution >= 4 is 33.8 Å². The second-order valence-electron chi connectivity index (χ2n) is 6.64. The minimum Gasteiger partial charge on any atom is -0.348 e. The van der Waals surface area contributed by atoms with Gasteiger partial charge in [0.1, 0.15) is 6.33 Å². The van der Waals surface area contributed by atoms with Gasteiger partial charge in [0.05, 0.1) is 29.2 Å². The zero-order chi connectivity index (χ0) is 17.6. The van der Waals surface area contributed by atoms with Crippen LogP contribution in [0.4, 0.5) is 16.5 Å². The van der Waals surface area contributed by atoms with Crippen LogP contribution >= 0.6 is 11.3 Å². The Bertz CT molecular complexity index is 936. The first-order valence-electron chi connectivity index (χ1n) is 8.63. The Morgan fingerprint density at radius 3 is 2.58 bits per heavy atom. The van der Waals surface area contributed by atoms with E-state index in [9.17, 15) is 4.79 Å². The molecule has 26 heavy (non-hydrogen) atoms. The van der Waals surface area contributed by atoms with E-state index in [4.69, 9.17) is 0 Å². The van der Waals surface area contributed by atoms with Crippen LogP contribution < -0.4 is 9.80 Å². The third-order valence-corrected chi connectivity index (χ3v) is 6.22. The van der Waals surface area contributed by atoms with Crippen LogP contribution in [0, 0.1) is 0 Å². The summed E-state index contributed by atoms with van der Waals surface area (Å²) in [6, 6.07) is 8.11. The quantitative estimate of drug-likeness (QED) is 0.700. The number of carbonyl (C=O) groups excluding carboxylic acids is 1. The van der Waals surface area contributed by atoms with Gasteiger partial charge in [-0.15, -0.1) is 11.3 Å². The molecule has 4 heterocycles. The Balaban J connectivity index is 1.53. The summed E-state index contributed by atoms with van der Waals surface area (Å²) < 4.78 is 0. The molecule has 0 radical (unpaired) electrons. The topological polar surface area (TPSA) is 62.2 Å². The third kappa shape index (κ3) is 2.17. The number of amides is 1. The van der Waals surface area contributed by atoms with E-state index in [0.29, 0.717) is 0 Å². The molecule has 5 rings (SSSR count). The van der Waals surface area contributed by atoms with E-state index in [1.807, 2.05) is 29.8 Å². The summed E-state index contributed by atoms with van der Waals surface area (Å²) in [6.45, 7) is 1.65. The van der Waals surface area contributed by atoms with Crippen LogP contribution in [0.5, 0.6) is 0 Å². The van der Waals surface area contributed by atoms with Gasteiger partial charge in [0, 0.05) is 24.7 Å². The number of benzene rings is 1. The Morgan fingerprint density at radius 2 is 1.85 bits per heavy atom. The van der Waals surface area contributed by atoms with Crippen molar-refractivity contribution in [1.29, 1.82) is 0 Å². The van der Waals surface area contributed by atoms with E-state index >= 15 is 0 Å². The number of para-hydroxylation sites is 1. The number of thiazole rings is 1. The standard InChI is InChI=1S/C19H17N5OS/c25-17-19(5-8-23(9-6-19)18-22-7-10-26-18)15-3-1-2-4-16(15)24(17)14-11-20-13-21-12-14/h1-4,7,10-13H,5-6,8-9H2. The Labute approximate surface area is 155 Å². The molecule has 1 amide bonds. The molecule has 130 valence electrons. The zero-order valence-corrected chi connectivity index (χ0v) is 14.9. The summed E-state index contributed by atoms with van der Waals surface area (Å²) in [5.74, 6) is 0.132. The summed E-state index contributed by atoms with van der Waals surface area (Å²) in [7, 11) is 0. The van der Waals surface area contributed by atoms with Crippen molar-refractivity contribution in [3.05, 3.63) is 60.1 Å². The fraction of sp³-hybridized carbons (Fsp3) is 0.263. The number of fused-ring (bicyclic) bond motifs is 2. The first-order chi connectivity index (χ1) is 12.8. The van der Waals surface area contributed by atoms with Gasteiger partial charge in [-0.3, -0.25) is 9.69 Å². The van der Waals surface area contributed by atoms with Crippen LogP contribution in [0.1, 0.15) is 18.4 Å². The smallest absolute Gasteiger partial charge is 0.242 e. The highest BCUT2D eigenvalue weighted by Gasteiger charge is 2.52. The number of piperidine rings is 1. The molecule has 0 bridgehead atoms. The largest absolute Gasteiger partial charge is 0.348 e. The van der Waals surface area contributed by atoms with E-state index in [1.54, 1.807) is 28.6 Å². The molecule has 2 aliphatic heterocycles. The van der Waals surface area contributed by atoms with Gasteiger partial charge in [0.25, 0.3) is 0 Å². The molecule has 0 atom stereocenters. The van der Waals surface area contributed by atoms with Crippen molar-refractivity contribution in [1.82, 2.24) is 15.0 Å². The molecule has 1 fully saturated rings. The van der Waals surface area contributed by atoms with E-state index < -0.39 is 5.41 Å². The summed E-state index contributed by atoms with van der Waals surface area (Å²) >= 11 is 1.65. The van der Waals surface area contributed by atoms with Gasteiger partial charge in [-0.1, -0.05) is 18.2 Å². The highest BCUT2D eigenvalue weighted by molar-refractivity contribution is 7.13. The molecule has 0 aliphatic carbocycles. The third-order valence-electron chi connectivity index (χ3n) is 5.38. The maximum absolute atomic E-state index is 13.6. The SMILES string of the molecule is O=C1N(c2cncnc2)c2ccccc2C12CCN(c1nccs1)CC2. The fourth-order valence-electron chi connectivity index (χ4n) is 4.11. The zero-order valence-electron chi connectivity index (χ0n) is 14.1. The van der Waals surface area contributed by atoms with Crippen LogP contribution in [0.15, 0.2) is 54.6 Å². The molecule has 1 saturated heterocycles. The molecule has 7 heteroatoms. The molecule has 6 nitrogen and oxygen atoms in total. The van der Waals surface area contributed by atoms with E-state index in [1.165, 1.54) is 6.33 Å². The second-order valence-corrected chi connectivity index (χ2v) is 7.51. The number of anilines is 3. The van der Waals surface area contributed by atoms with Crippen LogP contribution in [0.2, 0.25) is 0 Å². The van der Waals surface area contributed by atoms with Crippen molar-refractivity contribution < 1.29 is 4.79 Å². The van der Waals surface area contributed by atoms with Crippen LogP contribution in [-0.2, 0) is 10.2 Å². The minimum absolute atomic E-state index is 0.132. The molecule has 2 aliphatic rings. The lowest BCUT2D eigenvalue weighted by Gasteiger charge is -2.38. The number of carbonyl (C=O) groups is 1. The predicted molar refractivity (Wildman–Crippen MR) is 101 cm³/mol. The van der Waals surface area contributed by atoms with Crippen LogP contribution in [-0.4, -0.2) is 33.9 Å². The molecule has 1 aromatic carbocycles. The lowest BCUT2D eigenvalue weighted by molar-refractivity contribution is -0.123. The monoisotopic (exact) mass is 363 g/mol. The minimum atomic E-state index is -0.472. The van der Waals surface area contributed by atoms with E-state index in [0.717, 1.165) is 48.0 Å². The maximum atomic E-state index is 13.6. The molecular weight excluding hydrogens is 346 g/mol. The van der Waals surface area contributed by atoms with Crippen molar-refractivity contribution in [2.24, 2.45) is 0 Å². The lowest BCUT2D eigenvalue weighted by Crippen LogP contribution is -2.48. The van der Waals surface area contributed by atoms with E-state index in [2.05, 4.69) is 25.9 Å². The Morgan fingerprint density at radius 1 is 1.08 bits per heavy atom. The van der Waals surface area contributed by atoms with Gasteiger partial charge >= 0.3 is 0 Å². The lowest BCUT2D eigenvalue weighted by atomic mass is 9.74. The number of rotatable bonds is 2. The van der Waals surface area contributed by atoms with Crippen molar-refractivity contribution in [3.8, 4) is 0 Å².